The Morgan fingerprint density at radius 1 is 1.31 bits per heavy atom. The quantitative estimate of drug-likeness (QED) is 0.280. The second-order valence-electron chi connectivity index (χ2n) is 5.18. The second-order valence-corrected chi connectivity index (χ2v) is 5.59. The normalized spacial score (nSPS) is 10.9. The van der Waals surface area contributed by atoms with Crippen molar-refractivity contribution < 1.29 is 5.11 Å². The molecule has 8 nitrogen and oxygen atoms in total. The molecule has 0 unspecified atom stereocenters. The summed E-state index contributed by atoms with van der Waals surface area (Å²) in [5.74, 6) is 0.739. The summed E-state index contributed by atoms with van der Waals surface area (Å²) in [7, 11) is 0. The Balaban J connectivity index is 2.07. The minimum Gasteiger partial charge on any atom is -0.395 e. The molecular weight excluding hydrogens is 354 g/mol. The van der Waals surface area contributed by atoms with Crippen molar-refractivity contribution in [2.45, 2.75) is 6.54 Å². The molecule has 136 valence electrons. The minimum absolute atomic E-state index is 0.00747. The van der Waals surface area contributed by atoms with Crippen LogP contribution in [0.3, 0.4) is 0 Å². The highest BCUT2D eigenvalue weighted by Gasteiger charge is 2.06. The molecule has 26 heavy (non-hydrogen) atoms. The molecule has 0 atom stereocenters. The van der Waals surface area contributed by atoms with Gasteiger partial charge in [0.25, 0.3) is 0 Å². The molecule has 1 heterocycles. The summed E-state index contributed by atoms with van der Waals surface area (Å²) in [5.41, 5.74) is 2.24. The average Bonchev–Trinajstić information content (AvgIpc) is 2.67. The number of aliphatic hydroxyl groups is 1. The van der Waals surface area contributed by atoms with Gasteiger partial charge >= 0.3 is 0 Å². The van der Waals surface area contributed by atoms with Crippen LogP contribution < -0.4 is 16.0 Å². The van der Waals surface area contributed by atoms with E-state index in [1.165, 1.54) is 12.4 Å². The van der Waals surface area contributed by atoms with Crippen LogP contribution in [-0.2, 0) is 6.54 Å². The third kappa shape index (κ3) is 5.83. The van der Waals surface area contributed by atoms with E-state index in [1.807, 2.05) is 24.3 Å². The van der Waals surface area contributed by atoms with Crippen molar-refractivity contribution in [3.8, 4) is 0 Å². The standard InChI is InChI=1S/C17H20ClN7O/c18-15-11-23-17(24-14(8-20)10-21-4-5-26)25-16(15)22-9-13-3-1-2-12(6-13)7-19/h1-3,6-8,10-11,19-21,26H,4-5,9H2,(H2,22,23,24,25)/b14-10+,19-7?,20-8?. The predicted octanol–water partition coefficient (Wildman–Crippen LogP) is 2.22. The first-order chi connectivity index (χ1) is 12.7. The van der Waals surface area contributed by atoms with Crippen LogP contribution in [-0.4, -0.2) is 40.7 Å². The molecule has 0 saturated heterocycles. The van der Waals surface area contributed by atoms with Crippen LogP contribution in [0.25, 0.3) is 0 Å². The summed E-state index contributed by atoms with van der Waals surface area (Å²) in [6.07, 6.45) is 5.42. The molecule has 0 saturated carbocycles. The second kappa shape index (κ2) is 10.1. The van der Waals surface area contributed by atoms with Gasteiger partial charge in [-0.1, -0.05) is 29.8 Å². The van der Waals surface area contributed by atoms with E-state index in [2.05, 4.69) is 25.9 Å². The number of halogens is 1. The number of nitrogens with zero attached hydrogens (tertiary/aromatic N) is 2. The lowest BCUT2D eigenvalue weighted by Gasteiger charge is -2.11. The van der Waals surface area contributed by atoms with E-state index >= 15 is 0 Å². The van der Waals surface area contributed by atoms with E-state index in [0.29, 0.717) is 29.6 Å². The van der Waals surface area contributed by atoms with Gasteiger partial charge in [0, 0.05) is 31.7 Å². The van der Waals surface area contributed by atoms with E-state index < -0.39 is 0 Å². The van der Waals surface area contributed by atoms with Crippen LogP contribution in [0.4, 0.5) is 11.8 Å². The Morgan fingerprint density at radius 2 is 2.15 bits per heavy atom. The zero-order valence-electron chi connectivity index (χ0n) is 14.0. The van der Waals surface area contributed by atoms with Crippen LogP contribution in [0.5, 0.6) is 0 Å². The molecule has 0 aliphatic rings. The molecule has 2 aromatic rings. The van der Waals surface area contributed by atoms with Gasteiger partial charge < -0.3 is 31.9 Å². The summed E-state index contributed by atoms with van der Waals surface area (Å²) >= 11 is 6.14. The Hall–Kier alpha value is -2.97. The Labute approximate surface area is 156 Å². The highest BCUT2D eigenvalue weighted by molar-refractivity contribution is 6.32. The van der Waals surface area contributed by atoms with Gasteiger partial charge in [0.2, 0.25) is 5.95 Å². The van der Waals surface area contributed by atoms with E-state index in [-0.39, 0.29) is 12.6 Å². The van der Waals surface area contributed by atoms with Gasteiger partial charge in [-0.15, -0.1) is 0 Å². The Morgan fingerprint density at radius 3 is 2.88 bits per heavy atom. The monoisotopic (exact) mass is 373 g/mol. The van der Waals surface area contributed by atoms with E-state index in [1.54, 1.807) is 6.20 Å². The molecule has 0 aliphatic heterocycles. The summed E-state index contributed by atoms with van der Waals surface area (Å²) in [6.45, 7) is 0.859. The van der Waals surface area contributed by atoms with Crippen molar-refractivity contribution in [1.29, 1.82) is 10.8 Å². The number of anilines is 2. The topological polar surface area (TPSA) is 130 Å². The Kier molecular flexibility index (Phi) is 7.53. The molecule has 6 N–H and O–H groups in total. The van der Waals surface area contributed by atoms with Crippen molar-refractivity contribution in [3.05, 3.63) is 58.5 Å². The molecule has 0 aliphatic carbocycles. The van der Waals surface area contributed by atoms with Gasteiger partial charge in [0.15, 0.2) is 5.82 Å². The van der Waals surface area contributed by atoms with Crippen molar-refractivity contribution in [2.24, 2.45) is 0 Å². The first kappa shape index (κ1) is 19.4. The first-order valence-electron chi connectivity index (χ1n) is 7.84. The maximum atomic E-state index is 8.77. The van der Waals surface area contributed by atoms with Gasteiger partial charge in [-0.2, -0.15) is 4.98 Å². The Bertz CT molecular complexity index is 794. The van der Waals surface area contributed by atoms with E-state index in [0.717, 1.165) is 17.3 Å². The van der Waals surface area contributed by atoms with Crippen molar-refractivity contribution >= 4 is 35.8 Å². The lowest BCUT2D eigenvalue weighted by Crippen LogP contribution is -2.15. The zero-order valence-corrected chi connectivity index (χ0v) is 14.7. The maximum Gasteiger partial charge on any atom is 0.229 e. The van der Waals surface area contributed by atoms with Crippen LogP contribution in [0.1, 0.15) is 11.1 Å². The minimum atomic E-state index is -0.00747. The number of hydrogen-bond acceptors (Lipinski definition) is 8. The number of nitrogens with one attached hydrogen (secondary N) is 5. The third-order valence-corrected chi connectivity index (χ3v) is 3.52. The smallest absolute Gasteiger partial charge is 0.229 e. The van der Waals surface area contributed by atoms with Crippen molar-refractivity contribution in [3.63, 3.8) is 0 Å². The molecule has 0 fully saturated rings. The molecule has 1 aromatic heterocycles. The van der Waals surface area contributed by atoms with Crippen molar-refractivity contribution in [1.82, 2.24) is 15.3 Å². The molecule has 2 rings (SSSR count). The fourth-order valence-electron chi connectivity index (χ4n) is 2.02. The van der Waals surface area contributed by atoms with Gasteiger partial charge in [-0.3, -0.25) is 0 Å². The van der Waals surface area contributed by atoms with Crippen LogP contribution in [0, 0.1) is 10.8 Å². The zero-order chi connectivity index (χ0) is 18.8. The number of aliphatic hydroxyl groups excluding tert-OH is 1. The van der Waals surface area contributed by atoms with E-state index in [9.17, 15) is 0 Å². The summed E-state index contributed by atoms with van der Waals surface area (Å²) < 4.78 is 0. The van der Waals surface area contributed by atoms with E-state index in [4.69, 9.17) is 27.5 Å². The van der Waals surface area contributed by atoms with Gasteiger partial charge in [-0.25, -0.2) is 4.98 Å². The summed E-state index contributed by atoms with van der Waals surface area (Å²) in [4.78, 5) is 8.41. The molecule has 0 amide bonds. The number of hydrogen-bond donors (Lipinski definition) is 6. The average molecular weight is 374 g/mol. The molecule has 1 aromatic carbocycles. The first-order valence-corrected chi connectivity index (χ1v) is 8.21. The lowest BCUT2D eigenvalue weighted by atomic mass is 10.1. The fourth-order valence-corrected chi connectivity index (χ4v) is 2.18. The van der Waals surface area contributed by atoms with Crippen LogP contribution in [0.2, 0.25) is 5.02 Å². The summed E-state index contributed by atoms with van der Waals surface area (Å²) in [5, 5.41) is 32.7. The summed E-state index contributed by atoms with van der Waals surface area (Å²) in [6, 6.07) is 7.58. The van der Waals surface area contributed by atoms with Crippen LogP contribution in [0.15, 0.2) is 42.4 Å². The molecular formula is C17H20ClN7O. The number of rotatable bonds is 10. The van der Waals surface area contributed by atoms with Gasteiger partial charge in [0.05, 0.1) is 18.5 Å². The fraction of sp³-hybridized carbons (Fsp3) is 0.176. The van der Waals surface area contributed by atoms with Crippen LogP contribution >= 0.6 is 11.6 Å². The lowest BCUT2D eigenvalue weighted by molar-refractivity contribution is 0.298. The van der Waals surface area contributed by atoms with Gasteiger partial charge in [0.1, 0.15) is 5.02 Å². The highest BCUT2D eigenvalue weighted by atomic mass is 35.5. The molecule has 0 radical (unpaired) electrons. The molecule has 9 heteroatoms. The molecule has 0 spiro atoms. The number of allylic oxidation sites excluding steroid dienone is 1. The SMILES string of the molecule is N=C/C(=C\NCCO)Nc1ncc(Cl)c(NCc2cccc(C=N)c2)n1. The van der Waals surface area contributed by atoms with Gasteiger partial charge in [-0.05, 0) is 17.2 Å². The number of benzene rings is 1. The number of aromatic nitrogens is 2. The van der Waals surface area contributed by atoms with Crippen molar-refractivity contribution in [2.75, 3.05) is 23.8 Å². The largest absolute Gasteiger partial charge is 0.395 e. The molecule has 0 bridgehead atoms. The predicted molar refractivity (Wildman–Crippen MR) is 104 cm³/mol. The highest BCUT2D eigenvalue weighted by Crippen LogP contribution is 2.20. The third-order valence-electron chi connectivity index (χ3n) is 3.25. The maximum absolute atomic E-state index is 8.77.